The van der Waals surface area contributed by atoms with Gasteiger partial charge in [-0.05, 0) is 37.6 Å². The van der Waals surface area contributed by atoms with E-state index >= 15 is 0 Å². The van der Waals surface area contributed by atoms with Crippen LogP contribution in [-0.2, 0) is 0 Å². The number of hydrogen-bond acceptors (Lipinski definition) is 4. The van der Waals surface area contributed by atoms with Crippen molar-refractivity contribution in [3.8, 4) is 11.5 Å². The van der Waals surface area contributed by atoms with Crippen LogP contribution in [-0.4, -0.2) is 25.5 Å². The Bertz CT molecular complexity index is 431. The van der Waals surface area contributed by atoms with Gasteiger partial charge >= 0.3 is 0 Å². The third-order valence-corrected chi connectivity index (χ3v) is 3.12. The SMILES string of the molecule is CC(CCCN)C(=O)c1ccc2c(c1)OCCO2. The highest BCUT2D eigenvalue weighted by Gasteiger charge is 2.18. The fraction of sp³-hybridized carbons (Fsp3) is 0.500. The topological polar surface area (TPSA) is 61.6 Å². The number of ketones is 1. The fourth-order valence-electron chi connectivity index (χ4n) is 2.04. The van der Waals surface area contributed by atoms with E-state index in [1.54, 1.807) is 18.2 Å². The molecule has 0 radical (unpaired) electrons. The van der Waals surface area contributed by atoms with Gasteiger partial charge in [-0.15, -0.1) is 0 Å². The Morgan fingerprint density at radius 1 is 1.33 bits per heavy atom. The molecule has 1 aromatic rings. The summed E-state index contributed by atoms with van der Waals surface area (Å²) < 4.78 is 10.9. The molecule has 1 unspecified atom stereocenters. The Kier molecular flexibility index (Phi) is 4.20. The van der Waals surface area contributed by atoms with Gasteiger partial charge in [0.05, 0.1) is 0 Å². The zero-order valence-corrected chi connectivity index (χ0v) is 10.6. The predicted octanol–water partition coefficient (Wildman–Crippen LogP) is 2.02. The summed E-state index contributed by atoms with van der Waals surface area (Å²) in [5, 5.41) is 0. The Morgan fingerprint density at radius 3 is 2.78 bits per heavy atom. The molecule has 0 aromatic heterocycles. The number of benzene rings is 1. The molecule has 18 heavy (non-hydrogen) atoms. The van der Waals surface area contributed by atoms with Crippen molar-refractivity contribution in [2.45, 2.75) is 19.8 Å². The maximum Gasteiger partial charge on any atom is 0.165 e. The van der Waals surface area contributed by atoms with E-state index in [4.69, 9.17) is 15.2 Å². The largest absolute Gasteiger partial charge is 0.486 e. The second kappa shape index (κ2) is 5.87. The highest BCUT2D eigenvalue weighted by Crippen LogP contribution is 2.31. The number of ether oxygens (including phenoxy) is 2. The number of carbonyl (C=O) groups excluding carboxylic acids is 1. The van der Waals surface area contributed by atoms with E-state index in [1.165, 1.54) is 0 Å². The molecule has 0 fully saturated rings. The number of hydrogen-bond donors (Lipinski definition) is 1. The van der Waals surface area contributed by atoms with E-state index in [1.807, 2.05) is 6.92 Å². The molecule has 0 bridgehead atoms. The standard InChI is InChI=1S/C14H19NO3/c1-10(3-2-6-15)14(16)11-4-5-12-13(9-11)18-8-7-17-12/h4-5,9-10H,2-3,6-8,15H2,1H3. The van der Waals surface area contributed by atoms with Gasteiger partial charge in [0.2, 0.25) is 0 Å². The molecular weight excluding hydrogens is 230 g/mol. The molecule has 1 aliphatic rings. The lowest BCUT2D eigenvalue weighted by atomic mass is 9.95. The van der Waals surface area contributed by atoms with Gasteiger partial charge < -0.3 is 15.2 Å². The Hall–Kier alpha value is -1.55. The first-order valence-corrected chi connectivity index (χ1v) is 6.36. The lowest BCUT2D eigenvalue weighted by molar-refractivity contribution is 0.0922. The van der Waals surface area contributed by atoms with Crippen molar-refractivity contribution in [1.82, 2.24) is 0 Å². The van der Waals surface area contributed by atoms with E-state index in [2.05, 4.69) is 0 Å². The average Bonchev–Trinajstić information content (AvgIpc) is 2.43. The molecule has 0 saturated carbocycles. The van der Waals surface area contributed by atoms with Crippen molar-refractivity contribution in [3.05, 3.63) is 23.8 Å². The summed E-state index contributed by atoms with van der Waals surface area (Å²) >= 11 is 0. The van der Waals surface area contributed by atoms with Gasteiger partial charge in [-0.2, -0.15) is 0 Å². The summed E-state index contributed by atoms with van der Waals surface area (Å²) in [5.41, 5.74) is 6.14. The molecular formula is C14H19NO3. The molecule has 4 nitrogen and oxygen atoms in total. The molecule has 0 amide bonds. The van der Waals surface area contributed by atoms with Crippen LogP contribution < -0.4 is 15.2 Å². The van der Waals surface area contributed by atoms with Crippen LogP contribution in [0.3, 0.4) is 0 Å². The van der Waals surface area contributed by atoms with Gasteiger partial charge in [-0.3, -0.25) is 4.79 Å². The minimum atomic E-state index is -0.00360. The van der Waals surface area contributed by atoms with E-state index in [-0.39, 0.29) is 11.7 Å². The van der Waals surface area contributed by atoms with Crippen LogP contribution in [0.1, 0.15) is 30.1 Å². The molecule has 2 rings (SSSR count). The van der Waals surface area contributed by atoms with Crippen molar-refractivity contribution in [2.24, 2.45) is 11.7 Å². The van der Waals surface area contributed by atoms with E-state index in [0.29, 0.717) is 36.8 Å². The second-order valence-electron chi connectivity index (χ2n) is 4.55. The monoisotopic (exact) mass is 249 g/mol. The summed E-state index contributed by atoms with van der Waals surface area (Å²) in [6, 6.07) is 5.38. The maximum atomic E-state index is 12.2. The Balaban J connectivity index is 2.10. The maximum absolute atomic E-state index is 12.2. The molecule has 98 valence electrons. The highest BCUT2D eigenvalue weighted by molar-refractivity contribution is 5.98. The highest BCUT2D eigenvalue weighted by atomic mass is 16.6. The third kappa shape index (κ3) is 2.82. The molecule has 1 heterocycles. The lowest BCUT2D eigenvalue weighted by Gasteiger charge is -2.19. The minimum absolute atomic E-state index is 0.00360. The smallest absolute Gasteiger partial charge is 0.165 e. The number of nitrogens with two attached hydrogens (primary N) is 1. The number of carbonyl (C=O) groups is 1. The quantitative estimate of drug-likeness (QED) is 0.811. The van der Waals surface area contributed by atoms with Crippen molar-refractivity contribution in [1.29, 1.82) is 0 Å². The normalized spacial score (nSPS) is 15.2. The zero-order valence-electron chi connectivity index (χ0n) is 10.6. The van der Waals surface area contributed by atoms with Gasteiger partial charge in [-0.25, -0.2) is 0 Å². The number of rotatable bonds is 5. The predicted molar refractivity (Wildman–Crippen MR) is 69.2 cm³/mol. The summed E-state index contributed by atoms with van der Waals surface area (Å²) in [4.78, 5) is 12.2. The van der Waals surface area contributed by atoms with Crippen LogP contribution in [0.5, 0.6) is 11.5 Å². The second-order valence-corrected chi connectivity index (χ2v) is 4.55. The average molecular weight is 249 g/mol. The third-order valence-electron chi connectivity index (χ3n) is 3.12. The van der Waals surface area contributed by atoms with Crippen molar-refractivity contribution in [3.63, 3.8) is 0 Å². The van der Waals surface area contributed by atoms with Gasteiger partial charge in [0.25, 0.3) is 0 Å². The summed E-state index contributed by atoms with van der Waals surface area (Å²) in [5.74, 6) is 1.52. The van der Waals surface area contributed by atoms with E-state index < -0.39 is 0 Å². The van der Waals surface area contributed by atoms with Crippen LogP contribution in [0.2, 0.25) is 0 Å². The van der Waals surface area contributed by atoms with E-state index in [0.717, 1.165) is 12.8 Å². The lowest BCUT2D eigenvalue weighted by Crippen LogP contribution is -2.17. The molecule has 0 saturated heterocycles. The van der Waals surface area contributed by atoms with Gasteiger partial charge in [-0.1, -0.05) is 6.92 Å². The molecule has 1 aromatic carbocycles. The number of fused-ring (bicyclic) bond motifs is 1. The zero-order chi connectivity index (χ0) is 13.0. The van der Waals surface area contributed by atoms with Crippen molar-refractivity contribution in [2.75, 3.05) is 19.8 Å². The first-order chi connectivity index (χ1) is 8.72. The van der Waals surface area contributed by atoms with Crippen LogP contribution in [0, 0.1) is 5.92 Å². The van der Waals surface area contributed by atoms with Crippen LogP contribution >= 0.6 is 0 Å². The van der Waals surface area contributed by atoms with E-state index in [9.17, 15) is 4.79 Å². The molecule has 2 N–H and O–H groups in total. The van der Waals surface area contributed by atoms with Crippen molar-refractivity contribution < 1.29 is 14.3 Å². The summed E-state index contributed by atoms with van der Waals surface area (Å²) in [7, 11) is 0. The van der Waals surface area contributed by atoms with Crippen LogP contribution in [0.4, 0.5) is 0 Å². The molecule has 0 spiro atoms. The Labute approximate surface area is 107 Å². The van der Waals surface area contributed by atoms with Crippen molar-refractivity contribution >= 4 is 5.78 Å². The van der Waals surface area contributed by atoms with Gasteiger partial charge in [0.15, 0.2) is 17.3 Å². The molecule has 0 aliphatic carbocycles. The fourth-order valence-corrected chi connectivity index (χ4v) is 2.04. The molecule has 4 heteroatoms. The molecule has 1 aliphatic heterocycles. The first-order valence-electron chi connectivity index (χ1n) is 6.36. The minimum Gasteiger partial charge on any atom is -0.486 e. The number of Topliss-reactive ketones (excluding diaryl/α,β-unsaturated/α-hetero) is 1. The first kappa shape index (κ1) is 12.9. The van der Waals surface area contributed by atoms with Crippen LogP contribution in [0.15, 0.2) is 18.2 Å². The summed E-state index contributed by atoms with van der Waals surface area (Å²) in [6.07, 6.45) is 1.70. The van der Waals surface area contributed by atoms with Crippen LogP contribution in [0.25, 0.3) is 0 Å². The van der Waals surface area contributed by atoms with Gasteiger partial charge in [0, 0.05) is 11.5 Å². The molecule has 1 atom stereocenters. The van der Waals surface area contributed by atoms with Gasteiger partial charge in [0.1, 0.15) is 13.2 Å². The summed E-state index contributed by atoms with van der Waals surface area (Å²) in [6.45, 7) is 3.66. The Morgan fingerprint density at radius 2 is 2.06 bits per heavy atom.